The van der Waals surface area contributed by atoms with Crippen LogP contribution >= 0.6 is 0 Å². The molecule has 0 aliphatic carbocycles. The van der Waals surface area contributed by atoms with Gasteiger partial charge in [-0.05, 0) is 44.0 Å². The maximum Gasteiger partial charge on any atom is 0.269 e. The molecule has 6 N–H and O–H groups in total. The normalized spacial score (nSPS) is 12.0. The Balaban J connectivity index is 2.17. The molecule has 0 fully saturated rings. The molecular formula is C19H24N6O5S. The molecule has 2 aromatic carbocycles. The SMILES string of the molecule is Cc1ccc(S(=O)(=O)NC(CCCN=C(N)N)C(=O)Nc2ccc([N+](=O)[O-])cc2)cc1. The summed E-state index contributed by atoms with van der Waals surface area (Å²) in [5.74, 6) is -0.721. The zero-order chi connectivity index (χ0) is 23.0. The molecule has 0 bridgehead atoms. The first-order chi connectivity index (χ1) is 14.6. The summed E-state index contributed by atoms with van der Waals surface area (Å²) in [6, 6.07) is 10.3. The first-order valence-corrected chi connectivity index (χ1v) is 10.8. The standard InChI is InChI=1S/C19H24N6O5S/c1-13-4-10-16(11-5-13)31(29,30)24-17(3-2-12-22-19(20)21)18(26)23-14-6-8-15(9-7-14)25(27)28/h4-11,17,24H,2-3,12H2,1H3,(H,23,26)(H4,20,21,22). The molecule has 0 aromatic heterocycles. The molecule has 0 aliphatic heterocycles. The van der Waals surface area contributed by atoms with Gasteiger partial charge in [0.1, 0.15) is 6.04 Å². The smallest absolute Gasteiger partial charge is 0.269 e. The largest absolute Gasteiger partial charge is 0.370 e. The summed E-state index contributed by atoms with van der Waals surface area (Å²) in [5.41, 5.74) is 11.6. The summed E-state index contributed by atoms with van der Waals surface area (Å²) < 4.78 is 27.9. The third kappa shape index (κ3) is 7.35. The van der Waals surface area contributed by atoms with Crippen molar-refractivity contribution in [1.29, 1.82) is 0 Å². The van der Waals surface area contributed by atoms with Crippen molar-refractivity contribution in [3.05, 3.63) is 64.2 Å². The second-order valence-corrected chi connectivity index (χ2v) is 8.44. The molecule has 1 unspecified atom stereocenters. The molecule has 0 radical (unpaired) electrons. The van der Waals surface area contributed by atoms with Gasteiger partial charge in [-0.1, -0.05) is 17.7 Å². The third-order valence-corrected chi connectivity index (χ3v) is 5.72. The molecule has 0 aliphatic rings. The Hall–Kier alpha value is -3.51. The quantitative estimate of drug-likeness (QED) is 0.138. The first-order valence-electron chi connectivity index (χ1n) is 9.28. The van der Waals surface area contributed by atoms with Crippen LogP contribution in [0.15, 0.2) is 58.4 Å². The minimum atomic E-state index is -3.97. The number of aryl methyl sites for hydroxylation is 1. The number of benzene rings is 2. The number of carbonyl (C=O) groups excluding carboxylic acids is 1. The second-order valence-electron chi connectivity index (χ2n) is 6.73. The maximum absolute atomic E-state index is 12.8. The van der Waals surface area contributed by atoms with E-state index in [1.807, 2.05) is 6.92 Å². The number of hydrogen-bond donors (Lipinski definition) is 4. The van der Waals surface area contributed by atoms with Crippen molar-refractivity contribution in [1.82, 2.24) is 4.72 Å². The summed E-state index contributed by atoms with van der Waals surface area (Å²) in [6.45, 7) is 2.05. The number of anilines is 1. The Kier molecular flexibility index (Phi) is 8.05. The molecule has 31 heavy (non-hydrogen) atoms. The van der Waals surface area contributed by atoms with E-state index in [0.717, 1.165) is 5.56 Å². The van der Waals surface area contributed by atoms with Crippen LogP contribution in [0.1, 0.15) is 18.4 Å². The predicted octanol–water partition coefficient (Wildman–Crippen LogP) is 1.24. The second kappa shape index (κ2) is 10.5. The highest BCUT2D eigenvalue weighted by Gasteiger charge is 2.25. The summed E-state index contributed by atoms with van der Waals surface area (Å²) >= 11 is 0. The molecule has 1 amide bonds. The van der Waals surface area contributed by atoms with E-state index < -0.39 is 26.9 Å². The summed E-state index contributed by atoms with van der Waals surface area (Å²) in [5, 5.41) is 13.3. The van der Waals surface area contributed by atoms with Gasteiger partial charge in [-0.2, -0.15) is 4.72 Å². The number of rotatable bonds is 10. The van der Waals surface area contributed by atoms with Crippen molar-refractivity contribution < 1.29 is 18.1 Å². The van der Waals surface area contributed by atoms with Gasteiger partial charge in [0.05, 0.1) is 9.82 Å². The number of nitrogens with zero attached hydrogens (tertiary/aromatic N) is 2. The number of hydrogen-bond acceptors (Lipinski definition) is 6. The molecule has 1 atom stereocenters. The summed E-state index contributed by atoms with van der Waals surface area (Å²) in [7, 11) is -3.97. The van der Waals surface area contributed by atoms with E-state index in [9.17, 15) is 23.3 Å². The van der Waals surface area contributed by atoms with Crippen LogP contribution in [-0.2, 0) is 14.8 Å². The molecule has 0 spiro atoms. The number of sulfonamides is 1. The molecule has 2 rings (SSSR count). The molecule has 2 aromatic rings. The Morgan fingerprint density at radius 2 is 1.74 bits per heavy atom. The first kappa shape index (κ1) is 23.8. The predicted molar refractivity (Wildman–Crippen MR) is 117 cm³/mol. The van der Waals surface area contributed by atoms with Gasteiger partial charge in [0, 0.05) is 24.4 Å². The summed E-state index contributed by atoms with van der Waals surface area (Å²) in [4.78, 5) is 26.8. The fourth-order valence-corrected chi connectivity index (χ4v) is 3.85. The van der Waals surface area contributed by atoms with Crippen molar-refractivity contribution in [3.63, 3.8) is 0 Å². The van der Waals surface area contributed by atoms with Crippen molar-refractivity contribution in [3.8, 4) is 0 Å². The number of carbonyl (C=O) groups is 1. The molecule has 166 valence electrons. The number of aliphatic imine (C=N–C) groups is 1. The number of nitro benzene ring substituents is 1. The third-order valence-electron chi connectivity index (χ3n) is 4.24. The summed E-state index contributed by atoms with van der Waals surface area (Å²) in [6.07, 6.45) is 0.466. The molecule has 0 heterocycles. The van der Waals surface area contributed by atoms with E-state index in [4.69, 9.17) is 11.5 Å². The van der Waals surface area contributed by atoms with Gasteiger partial charge in [-0.25, -0.2) is 8.42 Å². The van der Waals surface area contributed by atoms with E-state index in [2.05, 4.69) is 15.0 Å². The van der Waals surface area contributed by atoms with E-state index >= 15 is 0 Å². The monoisotopic (exact) mass is 448 g/mol. The average Bonchev–Trinajstić information content (AvgIpc) is 2.70. The Morgan fingerprint density at radius 3 is 2.29 bits per heavy atom. The number of nitrogens with two attached hydrogens (primary N) is 2. The molecule has 0 saturated heterocycles. The molecule has 12 heteroatoms. The zero-order valence-corrected chi connectivity index (χ0v) is 17.6. The van der Waals surface area contributed by atoms with Gasteiger partial charge in [-0.15, -0.1) is 0 Å². The highest BCUT2D eigenvalue weighted by atomic mass is 32.2. The number of nitro groups is 1. The molecule has 11 nitrogen and oxygen atoms in total. The van der Waals surface area contributed by atoms with E-state index in [1.54, 1.807) is 12.1 Å². The number of amides is 1. The molecular weight excluding hydrogens is 424 g/mol. The highest BCUT2D eigenvalue weighted by molar-refractivity contribution is 7.89. The van der Waals surface area contributed by atoms with E-state index in [0.29, 0.717) is 12.1 Å². The van der Waals surface area contributed by atoms with Gasteiger partial charge < -0.3 is 16.8 Å². The van der Waals surface area contributed by atoms with E-state index in [-0.39, 0.29) is 29.5 Å². The van der Waals surface area contributed by atoms with Crippen molar-refractivity contribution in [2.45, 2.75) is 30.7 Å². The maximum atomic E-state index is 12.8. The van der Waals surface area contributed by atoms with Crippen LogP contribution in [0, 0.1) is 17.0 Å². The van der Waals surface area contributed by atoms with Crippen LogP contribution in [-0.4, -0.2) is 37.8 Å². The van der Waals surface area contributed by atoms with Gasteiger partial charge in [0.25, 0.3) is 5.69 Å². The Labute approximate surface area is 179 Å². The van der Waals surface area contributed by atoms with Crippen molar-refractivity contribution in [2.24, 2.45) is 16.5 Å². The molecule has 0 saturated carbocycles. The van der Waals surface area contributed by atoms with Crippen LogP contribution < -0.4 is 21.5 Å². The van der Waals surface area contributed by atoms with Crippen LogP contribution in [0.2, 0.25) is 0 Å². The van der Waals surface area contributed by atoms with Crippen LogP contribution in [0.3, 0.4) is 0 Å². The lowest BCUT2D eigenvalue weighted by Gasteiger charge is -2.18. The number of guanidine groups is 1. The lowest BCUT2D eigenvalue weighted by Crippen LogP contribution is -2.43. The van der Waals surface area contributed by atoms with Crippen LogP contribution in [0.5, 0.6) is 0 Å². The van der Waals surface area contributed by atoms with Crippen molar-refractivity contribution in [2.75, 3.05) is 11.9 Å². The highest BCUT2D eigenvalue weighted by Crippen LogP contribution is 2.17. The van der Waals surface area contributed by atoms with E-state index in [1.165, 1.54) is 36.4 Å². The lowest BCUT2D eigenvalue weighted by molar-refractivity contribution is -0.384. The van der Waals surface area contributed by atoms with Gasteiger partial charge in [0.2, 0.25) is 15.9 Å². The Bertz CT molecular complexity index is 1050. The lowest BCUT2D eigenvalue weighted by atomic mass is 10.1. The zero-order valence-electron chi connectivity index (χ0n) is 16.8. The van der Waals surface area contributed by atoms with Crippen LogP contribution in [0.4, 0.5) is 11.4 Å². The van der Waals surface area contributed by atoms with Crippen LogP contribution in [0.25, 0.3) is 0 Å². The number of non-ortho nitro benzene ring substituents is 1. The van der Waals surface area contributed by atoms with Gasteiger partial charge in [-0.3, -0.25) is 19.9 Å². The minimum absolute atomic E-state index is 0.0236. The van der Waals surface area contributed by atoms with Gasteiger partial charge in [0.15, 0.2) is 5.96 Å². The van der Waals surface area contributed by atoms with Crippen molar-refractivity contribution >= 4 is 33.3 Å². The average molecular weight is 449 g/mol. The van der Waals surface area contributed by atoms with Gasteiger partial charge >= 0.3 is 0 Å². The fourth-order valence-electron chi connectivity index (χ4n) is 2.62. The Morgan fingerprint density at radius 1 is 1.13 bits per heavy atom. The minimum Gasteiger partial charge on any atom is -0.370 e. The number of nitrogens with one attached hydrogen (secondary N) is 2. The topological polar surface area (TPSA) is 183 Å². The fraction of sp³-hybridized carbons (Fsp3) is 0.263.